The van der Waals surface area contributed by atoms with E-state index < -0.39 is 0 Å². The Hall–Kier alpha value is -1.88. The number of benzene rings is 1. The molecule has 126 valence electrons. The average molecular weight is 318 g/mol. The van der Waals surface area contributed by atoms with Crippen LogP contribution in [0.2, 0.25) is 0 Å². The Bertz CT molecular complexity index is 559. The summed E-state index contributed by atoms with van der Waals surface area (Å²) in [5.74, 6) is -0.176. The third kappa shape index (κ3) is 4.79. The van der Waals surface area contributed by atoms with E-state index >= 15 is 0 Å². The quantitative estimate of drug-likeness (QED) is 0.751. The first-order chi connectivity index (χ1) is 11.0. The largest absolute Gasteiger partial charge is 0.469 e. The van der Waals surface area contributed by atoms with Crippen LogP contribution in [0.3, 0.4) is 0 Å². The second kappa shape index (κ2) is 8.11. The molecule has 1 aliphatic heterocycles. The van der Waals surface area contributed by atoms with Crippen molar-refractivity contribution >= 4 is 11.9 Å². The summed E-state index contributed by atoms with van der Waals surface area (Å²) in [6.07, 6.45) is 2.19. The van der Waals surface area contributed by atoms with E-state index in [9.17, 15) is 9.59 Å². The molecule has 0 saturated carbocycles. The molecule has 0 aromatic heterocycles. The average Bonchev–Trinajstić information content (AvgIpc) is 2.55. The van der Waals surface area contributed by atoms with Gasteiger partial charge in [0.1, 0.15) is 0 Å². The molecular formula is C18H26N2O3. The first-order valence-corrected chi connectivity index (χ1v) is 8.09. The Kier molecular flexibility index (Phi) is 6.16. The first kappa shape index (κ1) is 17.5. The van der Waals surface area contributed by atoms with E-state index in [0.717, 1.165) is 13.0 Å². The van der Waals surface area contributed by atoms with Crippen molar-refractivity contribution in [1.82, 2.24) is 9.80 Å². The van der Waals surface area contributed by atoms with Crippen LogP contribution >= 0.6 is 0 Å². The van der Waals surface area contributed by atoms with Gasteiger partial charge < -0.3 is 9.64 Å². The van der Waals surface area contributed by atoms with Gasteiger partial charge in [-0.2, -0.15) is 0 Å². The Morgan fingerprint density at radius 2 is 1.96 bits per heavy atom. The van der Waals surface area contributed by atoms with Crippen molar-refractivity contribution in [3.63, 3.8) is 0 Å². The number of likely N-dealkylation sites (N-methyl/N-ethyl adjacent to an activating group) is 2. The van der Waals surface area contributed by atoms with E-state index in [4.69, 9.17) is 0 Å². The minimum Gasteiger partial charge on any atom is -0.469 e. The smallest absolute Gasteiger partial charge is 0.305 e. The monoisotopic (exact) mass is 318 g/mol. The van der Waals surface area contributed by atoms with Gasteiger partial charge in [0.25, 0.3) is 0 Å². The number of esters is 1. The van der Waals surface area contributed by atoms with Crippen LogP contribution in [0, 0.1) is 0 Å². The van der Waals surface area contributed by atoms with Gasteiger partial charge in [-0.25, -0.2) is 0 Å². The highest BCUT2D eigenvalue weighted by atomic mass is 16.5. The molecular weight excluding hydrogens is 292 g/mol. The normalized spacial score (nSPS) is 17.4. The Morgan fingerprint density at radius 1 is 1.26 bits per heavy atom. The fraction of sp³-hybridized carbons (Fsp3) is 0.556. The van der Waals surface area contributed by atoms with Gasteiger partial charge in [-0.05, 0) is 31.0 Å². The van der Waals surface area contributed by atoms with E-state index in [1.54, 1.807) is 4.90 Å². The number of hydrogen-bond donors (Lipinski definition) is 0. The highest BCUT2D eigenvalue weighted by molar-refractivity contribution is 5.77. The van der Waals surface area contributed by atoms with Gasteiger partial charge in [-0.1, -0.05) is 24.3 Å². The molecule has 1 aliphatic rings. The minimum atomic E-state index is -0.260. The number of amides is 1. The molecule has 1 aromatic rings. The van der Waals surface area contributed by atoms with Crippen molar-refractivity contribution in [3.8, 4) is 0 Å². The topological polar surface area (TPSA) is 49.9 Å². The highest BCUT2D eigenvalue weighted by Gasteiger charge is 2.25. The molecule has 0 bridgehead atoms. The standard InChI is InChI=1S/C18H26N2O3/c1-19-12-15-8-5-4-7-14(15)11-16(19)13-20(2)17(21)9-6-10-18(22)23-3/h4-5,7-8,16H,6,9-13H2,1-3H3/t16-/m1/s1. The maximum absolute atomic E-state index is 12.2. The second-order valence-electron chi connectivity index (χ2n) is 6.25. The van der Waals surface area contributed by atoms with Crippen LogP contribution in [0.15, 0.2) is 24.3 Å². The summed E-state index contributed by atoms with van der Waals surface area (Å²) in [7, 11) is 5.32. The number of nitrogens with zero attached hydrogens (tertiary/aromatic N) is 2. The van der Waals surface area contributed by atoms with Crippen LogP contribution in [-0.2, 0) is 27.3 Å². The molecule has 1 atom stereocenters. The van der Waals surface area contributed by atoms with E-state index in [2.05, 4.69) is 40.9 Å². The third-order valence-corrected chi connectivity index (χ3v) is 4.53. The molecule has 0 unspecified atom stereocenters. The second-order valence-corrected chi connectivity index (χ2v) is 6.25. The number of ether oxygens (including phenoxy) is 1. The SMILES string of the molecule is COC(=O)CCCC(=O)N(C)C[C@H]1Cc2ccccc2CN1C. The molecule has 0 radical (unpaired) electrons. The molecule has 0 fully saturated rings. The minimum absolute atomic E-state index is 0.0844. The summed E-state index contributed by atoms with van der Waals surface area (Å²) in [5, 5.41) is 0. The van der Waals surface area contributed by atoms with Gasteiger partial charge in [0.15, 0.2) is 0 Å². The van der Waals surface area contributed by atoms with Crippen molar-refractivity contribution in [2.45, 2.75) is 38.3 Å². The van der Waals surface area contributed by atoms with Crippen molar-refractivity contribution in [1.29, 1.82) is 0 Å². The third-order valence-electron chi connectivity index (χ3n) is 4.53. The maximum Gasteiger partial charge on any atom is 0.305 e. The van der Waals surface area contributed by atoms with Crippen LogP contribution in [0.25, 0.3) is 0 Å². The molecule has 5 nitrogen and oxygen atoms in total. The van der Waals surface area contributed by atoms with Crippen molar-refractivity contribution < 1.29 is 14.3 Å². The summed E-state index contributed by atoms with van der Waals surface area (Å²) < 4.78 is 4.59. The van der Waals surface area contributed by atoms with Gasteiger partial charge >= 0.3 is 5.97 Å². The summed E-state index contributed by atoms with van der Waals surface area (Å²) in [5.41, 5.74) is 2.75. The van der Waals surface area contributed by atoms with Crippen LogP contribution in [0.5, 0.6) is 0 Å². The lowest BCUT2D eigenvalue weighted by Crippen LogP contribution is -2.46. The molecule has 1 amide bonds. The molecule has 1 aromatic carbocycles. The summed E-state index contributed by atoms with van der Waals surface area (Å²) in [6.45, 7) is 1.63. The summed E-state index contributed by atoms with van der Waals surface area (Å²) in [4.78, 5) is 27.4. The van der Waals surface area contributed by atoms with Crippen LogP contribution in [0.4, 0.5) is 0 Å². The number of rotatable bonds is 6. The molecule has 2 rings (SSSR count). The number of carbonyl (C=O) groups is 2. The molecule has 0 aliphatic carbocycles. The zero-order valence-electron chi connectivity index (χ0n) is 14.2. The Balaban J connectivity index is 1.84. The van der Waals surface area contributed by atoms with E-state index in [-0.39, 0.29) is 11.9 Å². The molecule has 1 heterocycles. The van der Waals surface area contributed by atoms with Gasteiger partial charge in [0.2, 0.25) is 5.91 Å². The lowest BCUT2D eigenvalue weighted by atomic mass is 9.94. The summed E-state index contributed by atoms with van der Waals surface area (Å²) in [6, 6.07) is 8.82. The first-order valence-electron chi connectivity index (χ1n) is 8.09. The van der Waals surface area contributed by atoms with Crippen LogP contribution < -0.4 is 0 Å². The van der Waals surface area contributed by atoms with Crippen molar-refractivity contribution in [3.05, 3.63) is 35.4 Å². The van der Waals surface area contributed by atoms with Crippen molar-refractivity contribution in [2.75, 3.05) is 27.7 Å². The van der Waals surface area contributed by atoms with Crippen molar-refractivity contribution in [2.24, 2.45) is 0 Å². The highest BCUT2D eigenvalue weighted by Crippen LogP contribution is 2.22. The van der Waals surface area contributed by atoms with Gasteiger partial charge in [0.05, 0.1) is 7.11 Å². The van der Waals surface area contributed by atoms with E-state index in [0.29, 0.717) is 31.8 Å². The zero-order chi connectivity index (χ0) is 16.8. The van der Waals surface area contributed by atoms with Gasteiger partial charge in [0, 0.05) is 39.0 Å². The van der Waals surface area contributed by atoms with Crippen LogP contribution in [0.1, 0.15) is 30.4 Å². The van der Waals surface area contributed by atoms with E-state index in [1.807, 2.05) is 7.05 Å². The Morgan fingerprint density at radius 3 is 2.65 bits per heavy atom. The number of fused-ring (bicyclic) bond motifs is 1. The fourth-order valence-electron chi connectivity index (χ4n) is 3.02. The molecule has 0 N–H and O–H groups in total. The fourth-order valence-corrected chi connectivity index (χ4v) is 3.02. The number of hydrogen-bond acceptors (Lipinski definition) is 4. The number of carbonyl (C=O) groups excluding carboxylic acids is 2. The van der Waals surface area contributed by atoms with Gasteiger partial charge in [-0.3, -0.25) is 14.5 Å². The van der Waals surface area contributed by atoms with Crippen LogP contribution in [-0.4, -0.2) is 55.5 Å². The Labute approximate surface area is 138 Å². The predicted molar refractivity (Wildman–Crippen MR) is 88.9 cm³/mol. The zero-order valence-corrected chi connectivity index (χ0v) is 14.2. The van der Waals surface area contributed by atoms with Gasteiger partial charge in [-0.15, -0.1) is 0 Å². The summed E-state index contributed by atoms with van der Waals surface area (Å²) >= 11 is 0. The predicted octanol–water partition coefficient (Wildman–Crippen LogP) is 1.84. The molecule has 0 spiro atoms. The molecule has 23 heavy (non-hydrogen) atoms. The number of methoxy groups -OCH3 is 1. The molecule has 0 saturated heterocycles. The maximum atomic E-state index is 12.2. The lowest BCUT2D eigenvalue weighted by molar-refractivity contribution is -0.140. The molecule has 5 heteroatoms. The lowest BCUT2D eigenvalue weighted by Gasteiger charge is -2.36. The van der Waals surface area contributed by atoms with E-state index in [1.165, 1.54) is 18.2 Å².